The van der Waals surface area contributed by atoms with Gasteiger partial charge in [-0.3, -0.25) is 10.1 Å². The van der Waals surface area contributed by atoms with Crippen molar-refractivity contribution >= 4 is 5.91 Å². The number of carbonyl (C=O) groups is 1. The minimum Gasteiger partial charge on any atom is -0.319 e. The molecule has 1 aliphatic carbocycles. The predicted octanol–water partition coefficient (Wildman–Crippen LogP) is 3.31. The van der Waals surface area contributed by atoms with Gasteiger partial charge >= 0.3 is 0 Å². The molecule has 1 amide bonds. The van der Waals surface area contributed by atoms with Gasteiger partial charge in [0, 0.05) is 6.04 Å². The van der Waals surface area contributed by atoms with Crippen molar-refractivity contribution < 1.29 is 4.79 Å². The molecule has 0 bridgehead atoms. The van der Waals surface area contributed by atoms with Crippen LogP contribution in [-0.4, -0.2) is 23.4 Å². The van der Waals surface area contributed by atoms with Gasteiger partial charge in [-0.05, 0) is 50.7 Å². The van der Waals surface area contributed by atoms with Crippen molar-refractivity contribution in [2.75, 3.05) is 6.54 Å². The van der Waals surface area contributed by atoms with Crippen LogP contribution in [0.3, 0.4) is 0 Å². The number of carbonyl (C=O) groups excluding carboxylic acids is 1. The maximum absolute atomic E-state index is 12.4. The normalized spacial score (nSPS) is 24.8. The Bertz CT molecular complexity index is 534. The Hall–Kier alpha value is -1.35. The average Bonchev–Trinajstić information content (AvgIpc) is 3.10. The number of rotatable bonds is 3. The van der Waals surface area contributed by atoms with E-state index in [2.05, 4.69) is 49.2 Å². The van der Waals surface area contributed by atoms with Crippen molar-refractivity contribution in [2.24, 2.45) is 5.92 Å². The Morgan fingerprint density at radius 2 is 1.95 bits per heavy atom. The Kier molecular flexibility index (Phi) is 4.03. The summed E-state index contributed by atoms with van der Waals surface area (Å²) in [5, 5.41) is 3.42. The van der Waals surface area contributed by atoms with Crippen LogP contribution >= 0.6 is 0 Å². The van der Waals surface area contributed by atoms with Crippen molar-refractivity contribution in [3.63, 3.8) is 0 Å². The van der Waals surface area contributed by atoms with Gasteiger partial charge in [0.2, 0.25) is 5.91 Å². The molecule has 2 aliphatic rings. The van der Waals surface area contributed by atoms with Crippen LogP contribution in [0.4, 0.5) is 0 Å². The van der Waals surface area contributed by atoms with Gasteiger partial charge in [-0.1, -0.05) is 36.6 Å². The molecule has 1 N–H and O–H groups in total. The number of benzene rings is 1. The fourth-order valence-electron chi connectivity index (χ4n) is 3.96. The lowest BCUT2D eigenvalue weighted by molar-refractivity contribution is -0.131. The highest BCUT2D eigenvalue weighted by Gasteiger charge is 2.39. The molecule has 3 nitrogen and oxygen atoms in total. The molecule has 2 unspecified atom stereocenters. The first kappa shape index (κ1) is 14.6. The van der Waals surface area contributed by atoms with Crippen LogP contribution in [0, 0.1) is 19.8 Å². The standard InChI is InChI=1S/C18H26N2O/c1-12-8-9-13(2)16(10-12)18-19-11-17(21)20(18)14(3)15-6-4-5-7-15/h8-10,14-15,18-19H,4-7,11H2,1-3H3. The third-order valence-electron chi connectivity index (χ3n) is 5.26. The van der Waals surface area contributed by atoms with Crippen LogP contribution in [0.2, 0.25) is 0 Å². The number of nitrogens with one attached hydrogen (secondary N) is 1. The lowest BCUT2D eigenvalue weighted by Crippen LogP contribution is -2.41. The van der Waals surface area contributed by atoms with E-state index >= 15 is 0 Å². The Labute approximate surface area is 127 Å². The van der Waals surface area contributed by atoms with E-state index in [0.717, 1.165) is 0 Å². The quantitative estimate of drug-likeness (QED) is 0.924. The minimum atomic E-state index is 0.0491. The summed E-state index contributed by atoms with van der Waals surface area (Å²) in [5.41, 5.74) is 3.77. The van der Waals surface area contributed by atoms with Crippen molar-refractivity contribution in [1.29, 1.82) is 0 Å². The van der Waals surface area contributed by atoms with Crippen molar-refractivity contribution in [1.82, 2.24) is 10.2 Å². The summed E-state index contributed by atoms with van der Waals surface area (Å²) in [6, 6.07) is 6.85. The van der Waals surface area contributed by atoms with Gasteiger partial charge in [0.15, 0.2) is 0 Å². The molecule has 2 fully saturated rings. The summed E-state index contributed by atoms with van der Waals surface area (Å²) in [6.45, 7) is 6.95. The van der Waals surface area contributed by atoms with E-state index in [1.54, 1.807) is 0 Å². The summed E-state index contributed by atoms with van der Waals surface area (Å²) >= 11 is 0. The lowest BCUT2D eigenvalue weighted by Gasteiger charge is -2.35. The second-order valence-electron chi connectivity index (χ2n) is 6.73. The maximum atomic E-state index is 12.4. The van der Waals surface area contributed by atoms with Crippen molar-refractivity contribution in [2.45, 2.75) is 58.7 Å². The maximum Gasteiger partial charge on any atom is 0.238 e. The van der Waals surface area contributed by atoms with E-state index in [1.165, 1.54) is 42.4 Å². The van der Waals surface area contributed by atoms with Gasteiger partial charge in [-0.25, -0.2) is 0 Å². The van der Waals surface area contributed by atoms with Crippen LogP contribution in [0.1, 0.15) is 55.5 Å². The Balaban J connectivity index is 1.89. The molecule has 0 radical (unpaired) electrons. The molecule has 1 heterocycles. The summed E-state index contributed by atoms with van der Waals surface area (Å²) in [6.07, 6.45) is 5.22. The topological polar surface area (TPSA) is 32.3 Å². The zero-order valence-electron chi connectivity index (χ0n) is 13.4. The summed E-state index contributed by atoms with van der Waals surface area (Å²) < 4.78 is 0. The average molecular weight is 286 g/mol. The van der Waals surface area contributed by atoms with Gasteiger partial charge < -0.3 is 4.90 Å². The van der Waals surface area contributed by atoms with Gasteiger partial charge in [-0.2, -0.15) is 0 Å². The number of amides is 1. The molecule has 3 heteroatoms. The van der Waals surface area contributed by atoms with E-state index in [-0.39, 0.29) is 12.1 Å². The predicted molar refractivity (Wildman–Crippen MR) is 84.9 cm³/mol. The molecule has 1 saturated heterocycles. The first-order valence-electron chi connectivity index (χ1n) is 8.19. The summed E-state index contributed by atoms with van der Waals surface area (Å²) in [4.78, 5) is 14.5. The molecule has 1 aromatic rings. The zero-order valence-corrected chi connectivity index (χ0v) is 13.4. The zero-order chi connectivity index (χ0) is 15.0. The second kappa shape index (κ2) is 5.80. The van der Waals surface area contributed by atoms with Gasteiger partial charge in [0.25, 0.3) is 0 Å². The molecule has 0 aromatic heterocycles. The molecule has 0 spiro atoms. The molecule has 114 valence electrons. The molecule has 1 aliphatic heterocycles. The van der Waals surface area contributed by atoms with Crippen LogP contribution in [0.5, 0.6) is 0 Å². The van der Waals surface area contributed by atoms with Crippen LogP contribution in [0.25, 0.3) is 0 Å². The molecule has 21 heavy (non-hydrogen) atoms. The molecular weight excluding hydrogens is 260 g/mol. The van der Waals surface area contributed by atoms with E-state index in [9.17, 15) is 4.79 Å². The molecule has 3 rings (SSSR count). The molecule has 1 saturated carbocycles. The van der Waals surface area contributed by atoms with Crippen LogP contribution < -0.4 is 5.32 Å². The van der Waals surface area contributed by atoms with E-state index in [0.29, 0.717) is 18.5 Å². The van der Waals surface area contributed by atoms with Crippen LogP contribution in [0.15, 0.2) is 18.2 Å². The van der Waals surface area contributed by atoms with Crippen molar-refractivity contribution in [3.8, 4) is 0 Å². The highest BCUT2D eigenvalue weighted by Crippen LogP contribution is 2.35. The molecule has 1 aromatic carbocycles. The fraction of sp³-hybridized carbons (Fsp3) is 0.611. The smallest absolute Gasteiger partial charge is 0.238 e. The second-order valence-corrected chi connectivity index (χ2v) is 6.73. The Morgan fingerprint density at radius 3 is 2.67 bits per heavy atom. The number of hydrogen-bond acceptors (Lipinski definition) is 2. The van der Waals surface area contributed by atoms with Gasteiger partial charge in [-0.15, -0.1) is 0 Å². The first-order chi connectivity index (χ1) is 10.1. The lowest BCUT2D eigenvalue weighted by atomic mass is 9.96. The largest absolute Gasteiger partial charge is 0.319 e. The SMILES string of the molecule is Cc1ccc(C)c(C2NCC(=O)N2C(C)C2CCCC2)c1. The number of hydrogen-bond donors (Lipinski definition) is 1. The van der Waals surface area contributed by atoms with Crippen molar-refractivity contribution in [3.05, 3.63) is 34.9 Å². The number of nitrogens with zero attached hydrogens (tertiary/aromatic N) is 1. The monoisotopic (exact) mass is 286 g/mol. The fourth-order valence-corrected chi connectivity index (χ4v) is 3.96. The summed E-state index contributed by atoms with van der Waals surface area (Å²) in [7, 11) is 0. The number of aryl methyl sites for hydroxylation is 2. The van der Waals surface area contributed by atoms with E-state index in [4.69, 9.17) is 0 Å². The third-order valence-corrected chi connectivity index (χ3v) is 5.26. The molecular formula is C18H26N2O. The van der Waals surface area contributed by atoms with Gasteiger partial charge in [0.05, 0.1) is 6.54 Å². The van der Waals surface area contributed by atoms with E-state index in [1.807, 2.05) is 0 Å². The third kappa shape index (κ3) is 2.71. The van der Waals surface area contributed by atoms with E-state index < -0.39 is 0 Å². The first-order valence-corrected chi connectivity index (χ1v) is 8.19. The highest BCUT2D eigenvalue weighted by atomic mass is 16.2. The summed E-state index contributed by atoms with van der Waals surface area (Å²) in [5.74, 6) is 0.918. The Morgan fingerprint density at radius 1 is 1.24 bits per heavy atom. The molecule has 2 atom stereocenters. The highest BCUT2D eigenvalue weighted by molar-refractivity contribution is 5.81. The van der Waals surface area contributed by atoms with Crippen LogP contribution in [-0.2, 0) is 4.79 Å². The van der Waals surface area contributed by atoms with Gasteiger partial charge in [0.1, 0.15) is 6.17 Å². The minimum absolute atomic E-state index is 0.0491.